The zero-order valence-corrected chi connectivity index (χ0v) is 11.8. The van der Waals surface area contributed by atoms with Crippen LogP contribution in [0.15, 0.2) is 48.8 Å². The molecule has 1 aromatic carbocycles. The minimum Gasteiger partial charge on any atom is -0.310 e. The molecule has 2 rings (SSSR count). The molecule has 0 radical (unpaired) electrons. The fourth-order valence-corrected chi connectivity index (χ4v) is 2.38. The molecule has 0 saturated heterocycles. The second kappa shape index (κ2) is 7.05. The van der Waals surface area contributed by atoms with Crippen molar-refractivity contribution in [2.75, 3.05) is 6.54 Å². The van der Waals surface area contributed by atoms with E-state index < -0.39 is 0 Å². The molecule has 2 heteroatoms. The van der Waals surface area contributed by atoms with E-state index in [9.17, 15) is 0 Å². The Hall–Kier alpha value is -1.67. The molecule has 1 heterocycles. The van der Waals surface area contributed by atoms with Crippen LogP contribution in [0.4, 0.5) is 0 Å². The van der Waals surface area contributed by atoms with E-state index in [-0.39, 0.29) is 0 Å². The molecular formula is C17H22N2. The second-order valence-corrected chi connectivity index (χ2v) is 4.86. The Bertz CT molecular complexity index is 494. The highest BCUT2D eigenvalue weighted by Crippen LogP contribution is 2.19. The third-order valence-electron chi connectivity index (χ3n) is 3.50. The number of benzene rings is 1. The smallest absolute Gasteiger partial charge is 0.0323 e. The Morgan fingerprint density at radius 3 is 2.63 bits per heavy atom. The van der Waals surface area contributed by atoms with Crippen LogP contribution in [0.5, 0.6) is 0 Å². The molecule has 0 saturated carbocycles. The minimum atomic E-state index is 0.422. The number of pyridine rings is 1. The van der Waals surface area contributed by atoms with Crippen LogP contribution in [0.3, 0.4) is 0 Å². The van der Waals surface area contributed by atoms with E-state index in [4.69, 9.17) is 0 Å². The van der Waals surface area contributed by atoms with Crippen molar-refractivity contribution in [1.29, 1.82) is 0 Å². The highest BCUT2D eigenvalue weighted by atomic mass is 14.9. The summed E-state index contributed by atoms with van der Waals surface area (Å²) in [5, 5.41) is 3.57. The van der Waals surface area contributed by atoms with Gasteiger partial charge in [-0.05, 0) is 49.1 Å². The van der Waals surface area contributed by atoms with E-state index in [2.05, 4.69) is 60.5 Å². The van der Waals surface area contributed by atoms with Gasteiger partial charge in [0.05, 0.1) is 0 Å². The molecule has 0 aliphatic heterocycles. The molecule has 0 amide bonds. The number of hydrogen-bond acceptors (Lipinski definition) is 2. The predicted molar refractivity (Wildman–Crippen MR) is 80.2 cm³/mol. The number of hydrogen-bond donors (Lipinski definition) is 1. The van der Waals surface area contributed by atoms with Crippen molar-refractivity contribution in [2.24, 2.45) is 0 Å². The second-order valence-electron chi connectivity index (χ2n) is 4.86. The van der Waals surface area contributed by atoms with E-state index in [1.165, 1.54) is 16.7 Å². The lowest BCUT2D eigenvalue weighted by Gasteiger charge is -2.18. The van der Waals surface area contributed by atoms with Crippen LogP contribution < -0.4 is 5.32 Å². The minimum absolute atomic E-state index is 0.422. The fourth-order valence-electron chi connectivity index (χ4n) is 2.38. The highest BCUT2D eigenvalue weighted by Gasteiger charge is 2.10. The van der Waals surface area contributed by atoms with E-state index in [1.54, 1.807) is 0 Å². The average Bonchev–Trinajstić information content (AvgIpc) is 2.46. The van der Waals surface area contributed by atoms with Gasteiger partial charge in [-0.25, -0.2) is 0 Å². The maximum atomic E-state index is 4.22. The van der Waals surface area contributed by atoms with Gasteiger partial charge in [0.25, 0.3) is 0 Å². The van der Waals surface area contributed by atoms with Crippen LogP contribution in [-0.4, -0.2) is 11.5 Å². The van der Waals surface area contributed by atoms with E-state index >= 15 is 0 Å². The van der Waals surface area contributed by atoms with Gasteiger partial charge in [0.15, 0.2) is 0 Å². The third kappa shape index (κ3) is 3.90. The van der Waals surface area contributed by atoms with Gasteiger partial charge in [-0.15, -0.1) is 0 Å². The van der Waals surface area contributed by atoms with Crippen molar-refractivity contribution in [3.05, 3.63) is 65.5 Å². The molecule has 0 fully saturated rings. The summed E-state index contributed by atoms with van der Waals surface area (Å²) < 4.78 is 0. The standard InChI is InChI=1S/C17H22N2/c1-3-19-17(15-7-5-4-6-8-15)10-9-16-13-18-12-11-14(16)2/h4-8,11-13,17,19H,3,9-10H2,1-2H3. The number of aromatic nitrogens is 1. The lowest BCUT2D eigenvalue weighted by Crippen LogP contribution is -2.21. The lowest BCUT2D eigenvalue weighted by molar-refractivity contribution is 0.514. The zero-order chi connectivity index (χ0) is 13.5. The first-order valence-corrected chi connectivity index (χ1v) is 6.99. The van der Waals surface area contributed by atoms with Crippen molar-refractivity contribution in [2.45, 2.75) is 32.7 Å². The number of rotatable bonds is 6. The molecule has 0 bridgehead atoms. The summed E-state index contributed by atoms with van der Waals surface area (Å²) in [6, 6.07) is 13.2. The number of aryl methyl sites for hydroxylation is 2. The van der Waals surface area contributed by atoms with Crippen LogP contribution in [0.2, 0.25) is 0 Å². The molecule has 1 unspecified atom stereocenters. The molecule has 1 N–H and O–H groups in total. The monoisotopic (exact) mass is 254 g/mol. The molecular weight excluding hydrogens is 232 g/mol. The first-order valence-electron chi connectivity index (χ1n) is 6.99. The summed E-state index contributed by atoms with van der Waals surface area (Å²) in [7, 11) is 0. The maximum Gasteiger partial charge on any atom is 0.0323 e. The molecule has 0 spiro atoms. The summed E-state index contributed by atoms with van der Waals surface area (Å²) in [5.74, 6) is 0. The van der Waals surface area contributed by atoms with Gasteiger partial charge in [0.1, 0.15) is 0 Å². The molecule has 0 aliphatic carbocycles. The third-order valence-corrected chi connectivity index (χ3v) is 3.50. The van der Waals surface area contributed by atoms with E-state index in [1.807, 2.05) is 12.4 Å². The zero-order valence-electron chi connectivity index (χ0n) is 11.8. The van der Waals surface area contributed by atoms with Crippen molar-refractivity contribution in [1.82, 2.24) is 10.3 Å². The Balaban J connectivity index is 2.04. The Morgan fingerprint density at radius 2 is 1.95 bits per heavy atom. The molecule has 19 heavy (non-hydrogen) atoms. The van der Waals surface area contributed by atoms with Gasteiger partial charge >= 0.3 is 0 Å². The van der Waals surface area contributed by atoms with Crippen molar-refractivity contribution in [3.8, 4) is 0 Å². The van der Waals surface area contributed by atoms with E-state index in [0.717, 1.165) is 19.4 Å². The number of nitrogens with one attached hydrogen (secondary N) is 1. The Kier molecular flexibility index (Phi) is 5.10. The molecule has 2 nitrogen and oxygen atoms in total. The topological polar surface area (TPSA) is 24.9 Å². The van der Waals surface area contributed by atoms with Crippen molar-refractivity contribution in [3.63, 3.8) is 0 Å². The summed E-state index contributed by atoms with van der Waals surface area (Å²) in [4.78, 5) is 4.22. The van der Waals surface area contributed by atoms with Gasteiger partial charge in [0, 0.05) is 18.4 Å². The first kappa shape index (κ1) is 13.8. The van der Waals surface area contributed by atoms with Crippen LogP contribution in [0.25, 0.3) is 0 Å². The first-order chi connectivity index (χ1) is 9.31. The lowest BCUT2D eigenvalue weighted by atomic mass is 9.98. The normalized spacial score (nSPS) is 12.3. The number of nitrogens with zero attached hydrogens (tertiary/aromatic N) is 1. The molecule has 100 valence electrons. The molecule has 2 aromatic rings. The van der Waals surface area contributed by atoms with Crippen molar-refractivity contribution >= 4 is 0 Å². The van der Waals surface area contributed by atoms with Crippen LogP contribution in [0, 0.1) is 6.92 Å². The van der Waals surface area contributed by atoms with Gasteiger partial charge in [-0.3, -0.25) is 4.98 Å². The Labute approximate surface area is 115 Å². The molecule has 0 aliphatic rings. The van der Waals surface area contributed by atoms with Crippen LogP contribution in [-0.2, 0) is 6.42 Å². The van der Waals surface area contributed by atoms with Gasteiger partial charge < -0.3 is 5.32 Å². The fraction of sp³-hybridized carbons (Fsp3) is 0.353. The van der Waals surface area contributed by atoms with Gasteiger partial charge in [-0.1, -0.05) is 37.3 Å². The SMILES string of the molecule is CCNC(CCc1cnccc1C)c1ccccc1. The van der Waals surface area contributed by atoms with Crippen LogP contribution in [0.1, 0.15) is 36.1 Å². The summed E-state index contributed by atoms with van der Waals surface area (Å²) in [5.41, 5.74) is 4.05. The average molecular weight is 254 g/mol. The van der Waals surface area contributed by atoms with Gasteiger partial charge in [0.2, 0.25) is 0 Å². The summed E-state index contributed by atoms with van der Waals surface area (Å²) in [6.07, 6.45) is 6.01. The summed E-state index contributed by atoms with van der Waals surface area (Å²) >= 11 is 0. The van der Waals surface area contributed by atoms with Gasteiger partial charge in [-0.2, -0.15) is 0 Å². The Morgan fingerprint density at radius 1 is 1.16 bits per heavy atom. The summed E-state index contributed by atoms with van der Waals surface area (Å²) in [6.45, 7) is 5.30. The van der Waals surface area contributed by atoms with Crippen LogP contribution >= 0.6 is 0 Å². The molecule has 1 atom stereocenters. The quantitative estimate of drug-likeness (QED) is 0.850. The molecule has 1 aromatic heterocycles. The highest BCUT2D eigenvalue weighted by molar-refractivity contribution is 5.23. The largest absolute Gasteiger partial charge is 0.310 e. The maximum absolute atomic E-state index is 4.22. The predicted octanol–water partition coefficient (Wildman–Crippen LogP) is 3.67. The van der Waals surface area contributed by atoms with E-state index in [0.29, 0.717) is 6.04 Å². The van der Waals surface area contributed by atoms with Crippen molar-refractivity contribution < 1.29 is 0 Å².